The van der Waals surface area contributed by atoms with Gasteiger partial charge in [-0.2, -0.15) is 5.10 Å². The smallest absolute Gasteiger partial charge is 0.269 e. The van der Waals surface area contributed by atoms with Crippen LogP contribution in [-0.2, 0) is 7.05 Å². The van der Waals surface area contributed by atoms with Crippen LogP contribution in [-0.4, -0.2) is 49.2 Å². The molecule has 0 aliphatic carbocycles. The number of anilines is 1. The summed E-state index contributed by atoms with van der Waals surface area (Å²) >= 11 is 0. The first kappa shape index (κ1) is 14.7. The lowest BCUT2D eigenvalue weighted by Gasteiger charge is -2.33. The molecule has 8 nitrogen and oxygen atoms in total. The second-order valence-electron chi connectivity index (χ2n) is 6.04. The predicted octanol–water partition coefficient (Wildman–Crippen LogP) is 0.862. The Bertz CT molecular complexity index is 860. The second kappa shape index (κ2) is 5.95. The van der Waals surface area contributed by atoms with Crippen LogP contribution in [0.15, 0.2) is 37.1 Å². The highest BCUT2D eigenvalue weighted by Gasteiger charge is 2.23. The summed E-state index contributed by atoms with van der Waals surface area (Å²) in [4.78, 5) is 23.1. The molecular formula is C16H19N7O. The predicted molar refractivity (Wildman–Crippen MR) is 88.9 cm³/mol. The maximum atomic E-state index is 12.3. The number of amides is 1. The van der Waals surface area contributed by atoms with Crippen LogP contribution in [0.2, 0.25) is 0 Å². The Kier molecular flexibility index (Phi) is 3.64. The lowest BCUT2D eigenvalue weighted by Crippen LogP contribution is -2.45. The van der Waals surface area contributed by atoms with Crippen LogP contribution in [0.3, 0.4) is 0 Å². The van der Waals surface area contributed by atoms with Crippen LogP contribution in [0.4, 0.5) is 5.82 Å². The molecule has 0 saturated carbocycles. The summed E-state index contributed by atoms with van der Waals surface area (Å²) in [5.74, 6) is 0.895. The lowest BCUT2D eigenvalue weighted by atomic mass is 10.0. The van der Waals surface area contributed by atoms with E-state index in [1.54, 1.807) is 27.8 Å². The van der Waals surface area contributed by atoms with Gasteiger partial charge in [0.25, 0.3) is 5.91 Å². The van der Waals surface area contributed by atoms with E-state index < -0.39 is 0 Å². The van der Waals surface area contributed by atoms with Gasteiger partial charge in [0.05, 0.1) is 18.7 Å². The number of carbonyl (C=O) groups is 1. The average Bonchev–Trinajstić information content (AvgIpc) is 3.23. The molecular weight excluding hydrogens is 306 g/mol. The molecule has 0 bridgehead atoms. The molecule has 24 heavy (non-hydrogen) atoms. The molecule has 4 rings (SSSR count). The average molecular weight is 325 g/mol. The Hall–Kier alpha value is -2.90. The molecule has 0 unspecified atom stereocenters. The van der Waals surface area contributed by atoms with Crippen molar-refractivity contribution < 1.29 is 4.79 Å². The quantitative estimate of drug-likeness (QED) is 0.772. The number of piperidine rings is 1. The van der Waals surface area contributed by atoms with Crippen molar-refractivity contribution in [1.29, 1.82) is 0 Å². The molecule has 1 amide bonds. The molecule has 3 aromatic rings. The fraction of sp³-hybridized carbons (Fsp3) is 0.375. The second-order valence-corrected chi connectivity index (χ2v) is 6.04. The van der Waals surface area contributed by atoms with Crippen LogP contribution < -0.4 is 10.2 Å². The van der Waals surface area contributed by atoms with Crippen LogP contribution in [0.25, 0.3) is 5.65 Å². The van der Waals surface area contributed by atoms with Crippen LogP contribution >= 0.6 is 0 Å². The monoisotopic (exact) mass is 325 g/mol. The van der Waals surface area contributed by atoms with Gasteiger partial charge in [-0.15, -0.1) is 0 Å². The van der Waals surface area contributed by atoms with Gasteiger partial charge in [-0.05, 0) is 18.9 Å². The fourth-order valence-electron chi connectivity index (χ4n) is 3.07. The molecule has 1 fully saturated rings. The van der Waals surface area contributed by atoms with Gasteiger partial charge in [0.15, 0.2) is 5.65 Å². The molecule has 0 aromatic carbocycles. The number of rotatable bonds is 3. The third kappa shape index (κ3) is 2.70. The summed E-state index contributed by atoms with van der Waals surface area (Å²) in [6.07, 6.45) is 8.69. The van der Waals surface area contributed by atoms with E-state index in [-0.39, 0.29) is 11.9 Å². The first-order valence-corrected chi connectivity index (χ1v) is 8.03. The van der Waals surface area contributed by atoms with E-state index in [9.17, 15) is 4.79 Å². The number of aryl methyl sites for hydroxylation is 1. The van der Waals surface area contributed by atoms with Crippen molar-refractivity contribution in [2.24, 2.45) is 7.05 Å². The van der Waals surface area contributed by atoms with E-state index in [1.807, 2.05) is 25.4 Å². The van der Waals surface area contributed by atoms with Gasteiger partial charge >= 0.3 is 0 Å². The molecule has 1 aliphatic heterocycles. The Balaban J connectivity index is 1.38. The summed E-state index contributed by atoms with van der Waals surface area (Å²) in [5.41, 5.74) is 1.43. The van der Waals surface area contributed by atoms with Gasteiger partial charge in [0.2, 0.25) is 0 Å². The summed E-state index contributed by atoms with van der Waals surface area (Å²) in [6.45, 7) is 1.74. The van der Waals surface area contributed by atoms with Crippen molar-refractivity contribution in [2.75, 3.05) is 18.0 Å². The fourth-order valence-corrected chi connectivity index (χ4v) is 3.07. The molecule has 0 radical (unpaired) electrons. The largest absolute Gasteiger partial charge is 0.356 e. The van der Waals surface area contributed by atoms with Gasteiger partial charge < -0.3 is 14.8 Å². The van der Waals surface area contributed by atoms with Gasteiger partial charge in [-0.3, -0.25) is 4.79 Å². The number of imidazole rings is 1. The standard InChI is InChI=1S/C16H19N7O/c1-21-11-17-10-13(21)16(24)19-12-3-7-22(8-4-12)14-5-9-23-15(20-14)2-6-18-23/h2,5-6,9-12H,3-4,7-8H2,1H3,(H,19,24). The molecule has 8 heteroatoms. The van der Waals surface area contributed by atoms with Gasteiger partial charge in [-0.1, -0.05) is 0 Å². The minimum absolute atomic E-state index is 0.0627. The molecule has 3 aromatic heterocycles. The lowest BCUT2D eigenvalue weighted by molar-refractivity contribution is 0.0923. The first-order chi connectivity index (χ1) is 11.7. The summed E-state index contributed by atoms with van der Waals surface area (Å²) < 4.78 is 3.49. The number of aromatic nitrogens is 5. The summed E-state index contributed by atoms with van der Waals surface area (Å²) in [5, 5.41) is 7.26. The molecule has 4 heterocycles. The minimum Gasteiger partial charge on any atom is -0.356 e. The molecule has 124 valence electrons. The Morgan fingerprint density at radius 3 is 2.88 bits per heavy atom. The third-order valence-electron chi connectivity index (χ3n) is 4.45. The normalized spacial score (nSPS) is 15.8. The number of nitrogens with one attached hydrogen (secondary N) is 1. The zero-order valence-corrected chi connectivity index (χ0v) is 13.5. The highest BCUT2D eigenvalue weighted by atomic mass is 16.2. The minimum atomic E-state index is -0.0627. The van der Waals surface area contributed by atoms with Crippen molar-refractivity contribution in [1.82, 2.24) is 29.5 Å². The van der Waals surface area contributed by atoms with Crippen molar-refractivity contribution in [2.45, 2.75) is 18.9 Å². The molecule has 1 aliphatic rings. The maximum absolute atomic E-state index is 12.3. The van der Waals surface area contributed by atoms with Gasteiger partial charge in [0, 0.05) is 38.4 Å². The van der Waals surface area contributed by atoms with E-state index in [0.29, 0.717) is 5.69 Å². The summed E-state index contributed by atoms with van der Waals surface area (Å²) in [6, 6.07) is 4.06. The number of hydrogen-bond acceptors (Lipinski definition) is 5. The third-order valence-corrected chi connectivity index (χ3v) is 4.45. The Morgan fingerprint density at radius 1 is 1.29 bits per heavy atom. The van der Waals surface area contributed by atoms with E-state index in [0.717, 1.165) is 37.4 Å². The first-order valence-electron chi connectivity index (χ1n) is 8.03. The van der Waals surface area contributed by atoms with Crippen molar-refractivity contribution >= 4 is 17.4 Å². The topological polar surface area (TPSA) is 80.4 Å². The molecule has 0 atom stereocenters. The number of nitrogens with zero attached hydrogens (tertiary/aromatic N) is 6. The number of fused-ring (bicyclic) bond motifs is 1. The van der Waals surface area contributed by atoms with E-state index in [1.165, 1.54) is 0 Å². The Morgan fingerprint density at radius 2 is 2.12 bits per heavy atom. The Labute approximate surface area is 139 Å². The zero-order chi connectivity index (χ0) is 16.5. The molecule has 0 spiro atoms. The van der Waals surface area contributed by atoms with Crippen molar-refractivity contribution in [3.63, 3.8) is 0 Å². The van der Waals surface area contributed by atoms with E-state index >= 15 is 0 Å². The summed E-state index contributed by atoms with van der Waals surface area (Å²) in [7, 11) is 1.82. The molecule has 1 saturated heterocycles. The van der Waals surface area contributed by atoms with Crippen molar-refractivity contribution in [3.05, 3.63) is 42.7 Å². The SMILES string of the molecule is Cn1cncc1C(=O)NC1CCN(c2ccn3nccc3n2)CC1. The van der Waals surface area contributed by atoms with Crippen LogP contribution in [0, 0.1) is 0 Å². The van der Waals surface area contributed by atoms with Crippen LogP contribution in [0.5, 0.6) is 0 Å². The van der Waals surface area contributed by atoms with E-state index in [4.69, 9.17) is 0 Å². The molecule has 1 N–H and O–H groups in total. The number of carbonyl (C=O) groups excluding carboxylic acids is 1. The highest BCUT2D eigenvalue weighted by molar-refractivity contribution is 5.92. The van der Waals surface area contributed by atoms with Crippen molar-refractivity contribution in [3.8, 4) is 0 Å². The van der Waals surface area contributed by atoms with E-state index in [2.05, 4.69) is 25.3 Å². The van der Waals surface area contributed by atoms with Gasteiger partial charge in [-0.25, -0.2) is 14.5 Å². The maximum Gasteiger partial charge on any atom is 0.269 e. The van der Waals surface area contributed by atoms with Gasteiger partial charge in [0.1, 0.15) is 11.5 Å². The zero-order valence-electron chi connectivity index (χ0n) is 13.5. The highest BCUT2D eigenvalue weighted by Crippen LogP contribution is 2.18. The number of hydrogen-bond donors (Lipinski definition) is 1. The van der Waals surface area contributed by atoms with Crippen LogP contribution in [0.1, 0.15) is 23.3 Å².